The molecule has 0 saturated carbocycles. The van der Waals surface area contributed by atoms with Crippen LogP contribution in [-0.2, 0) is 31.9 Å². The molecule has 4 aliphatic heterocycles. The average Bonchev–Trinajstić information content (AvgIpc) is 4.12. The van der Waals surface area contributed by atoms with Crippen molar-refractivity contribution in [3.8, 4) is 0 Å². The normalized spacial score (nSPS) is 21.8. The van der Waals surface area contributed by atoms with Crippen LogP contribution in [0.5, 0.6) is 0 Å². The van der Waals surface area contributed by atoms with Gasteiger partial charge in [-0.05, 0) is 55.2 Å². The van der Waals surface area contributed by atoms with Crippen molar-refractivity contribution in [1.29, 1.82) is 0 Å². The number of carboxylic acids is 1. The van der Waals surface area contributed by atoms with E-state index >= 15 is 0 Å². The number of hydrogen-bond donors (Lipinski definition) is 4. The van der Waals surface area contributed by atoms with Gasteiger partial charge in [-0.25, -0.2) is 38.9 Å². The number of rotatable bonds is 8. The number of aromatic amines is 2. The number of fused-ring (bicyclic) bond motifs is 2. The first-order valence-corrected chi connectivity index (χ1v) is 21.4. The van der Waals surface area contributed by atoms with E-state index in [1.54, 1.807) is 33.8 Å². The molecule has 21 heteroatoms. The number of aliphatic carboxylic acids is 1. The summed E-state index contributed by atoms with van der Waals surface area (Å²) in [6, 6.07) is 0. The Morgan fingerprint density at radius 1 is 0.667 bits per heavy atom. The maximum Gasteiger partial charge on any atom is 0.307 e. The molecule has 4 aliphatic rings. The van der Waals surface area contributed by atoms with Crippen LogP contribution >= 0.6 is 0 Å². The Labute approximate surface area is 361 Å². The first kappa shape index (κ1) is 43.3. The lowest BCUT2D eigenvalue weighted by Crippen LogP contribution is -2.30. The van der Waals surface area contributed by atoms with E-state index in [4.69, 9.17) is 24.8 Å². The second kappa shape index (κ2) is 19.8. The van der Waals surface area contributed by atoms with Gasteiger partial charge in [-0.15, -0.1) is 0 Å². The highest BCUT2D eigenvalue weighted by Crippen LogP contribution is 2.32. The summed E-state index contributed by atoms with van der Waals surface area (Å²) >= 11 is 0. The SMILES string of the molecule is CC1CN(C(=O)Cc2cncnc2)CC1c1nn2c(C3CCOCC3)ncc2c(=O)[nH]1.CC1CNCC1c1nn2c(C3CCOCC3)ncc2c(=O)[nH]1.O=C(O)Cc1cncnc1. The number of carbonyl (C=O) groups is 2. The fourth-order valence-electron chi connectivity index (χ4n) is 8.67. The van der Waals surface area contributed by atoms with Gasteiger partial charge < -0.3 is 34.8 Å². The van der Waals surface area contributed by atoms with E-state index < -0.39 is 5.97 Å². The number of nitrogens with one attached hydrogen (secondary N) is 3. The highest BCUT2D eigenvalue weighted by Gasteiger charge is 2.36. The molecule has 10 heterocycles. The highest BCUT2D eigenvalue weighted by atomic mass is 16.5. The quantitative estimate of drug-likeness (QED) is 0.169. The number of imidazole rings is 2. The van der Waals surface area contributed by atoms with Crippen LogP contribution in [0.1, 0.15) is 97.6 Å². The molecule has 6 aromatic rings. The third-order valence-electron chi connectivity index (χ3n) is 12.2. The number of carboxylic acid groups (broad SMARTS) is 1. The molecule has 4 atom stereocenters. The third-order valence-corrected chi connectivity index (χ3v) is 12.2. The van der Waals surface area contributed by atoms with E-state index in [0.717, 1.165) is 75.0 Å². The minimum atomic E-state index is -0.866. The van der Waals surface area contributed by atoms with Crippen molar-refractivity contribution >= 4 is 22.9 Å². The lowest BCUT2D eigenvalue weighted by molar-refractivity contribution is -0.136. The maximum absolute atomic E-state index is 12.8. The van der Waals surface area contributed by atoms with Crippen LogP contribution in [0.2, 0.25) is 0 Å². The van der Waals surface area contributed by atoms with Crippen LogP contribution in [0.3, 0.4) is 0 Å². The summed E-state index contributed by atoms with van der Waals surface area (Å²) in [5, 5.41) is 21.2. The fraction of sp³-hybridized carbons (Fsp3) is 0.524. The van der Waals surface area contributed by atoms with Crippen molar-refractivity contribution < 1.29 is 24.2 Å². The summed E-state index contributed by atoms with van der Waals surface area (Å²) in [5.74, 6) is 3.63. The Bertz CT molecular complexity index is 2600. The summed E-state index contributed by atoms with van der Waals surface area (Å²) in [6.07, 6.45) is 16.2. The van der Waals surface area contributed by atoms with Gasteiger partial charge in [0.2, 0.25) is 5.91 Å². The minimum Gasteiger partial charge on any atom is -0.481 e. The molecule has 332 valence electrons. The molecule has 0 spiro atoms. The van der Waals surface area contributed by atoms with Gasteiger partial charge >= 0.3 is 5.97 Å². The summed E-state index contributed by atoms with van der Waals surface area (Å²) in [7, 11) is 0. The van der Waals surface area contributed by atoms with Gasteiger partial charge in [0.15, 0.2) is 11.0 Å². The van der Waals surface area contributed by atoms with E-state index in [1.807, 2.05) is 4.90 Å². The maximum atomic E-state index is 12.8. The predicted molar refractivity (Wildman–Crippen MR) is 225 cm³/mol. The van der Waals surface area contributed by atoms with Crippen LogP contribution in [0.25, 0.3) is 11.0 Å². The molecular formula is C42H52N14O7. The molecule has 0 bridgehead atoms. The fourth-order valence-corrected chi connectivity index (χ4v) is 8.67. The van der Waals surface area contributed by atoms with Crippen LogP contribution in [-0.4, -0.2) is 134 Å². The largest absolute Gasteiger partial charge is 0.481 e. The average molecular weight is 865 g/mol. The Morgan fingerprint density at radius 3 is 1.63 bits per heavy atom. The highest BCUT2D eigenvalue weighted by molar-refractivity contribution is 5.79. The molecule has 6 aromatic heterocycles. The van der Waals surface area contributed by atoms with Crippen LogP contribution in [0, 0.1) is 11.8 Å². The smallest absolute Gasteiger partial charge is 0.307 e. The van der Waals surface area contributed by atoms with Gasteiger partial charge in [0, 0.05) is 94.5 Å². The van der Waals surface area contributed by atoms with E-state index in [-0.39, 0.29) is 53.5 Å². The van der Waals surface area contributed by atoms with E-state index in [9.17, 15) is 19.2 Å². The van der Waals surface area contributed by atoms with Gasteiger partial charge in [-0.3, -0.25) is 19.2 Å². The zero-order valence-corrected chi connectivity index (χ0v) is 35.3. The summed E-state index contributed by atoms with van der Waals surface area (Å²) in [5.41, 5.74) is 2.09. The van der Waals surface area contributed by atoms with Crippen molar-refractivity contribution in [2.24, 2.45) is 11.8 Å². The van der Waals surface area contributed by atoms with E-state index in [2.05, 4.69) is 59.0 Å². The van der Waals surface area contributed by atoms with Crippen LogP contribution in [0.15, 0.2) is 59.4 Å². The number of hydrogen-bond acceptors (Lipinski definition) is 15. The standard InChI is InChI=1S/C21H25N7O3.C15H21N5O2.C6H6N2O2/c1-13-10-27(18(29)6-14-7-22-12-23-8-14)11-16(13)19-25-21(30)17-9-24-20(28(17)26-19)15-2-4-31-5-3-15;1-9-6-16-7-11(9)13-18-15(21)12-8-17-14(20(12)19-13)10-2-4-22-5-3-10;9-6(10)1-5-2-7-4-8-3-5/h7-9,12-13,15-16H,2-6,10-11H2,1H3,(H,25,26,30);8-11,16H,2-7H2,1H3,(H,18,19,21);2-4H,1H2,(H,9,10). The van der Waals surface area contributed by atoms with Crippen LogP contribution < -0.4 is 16.4 Å². The molecule has 21 nitrogen and oxygen atoms in total. The van der Waals surface area contributed by atoms with Crippen molar-refractivity contribution in [1.82, 2.24) is 69.3 Å². The lowest BCUT2D eigenvalue weighted by atomic mass is 9.97. The van der Waals surface area contributed by atoms with Crippen molar-refractivity contribution in [2.75, 3.05) is 52.6 Å². The molecule has 4 N–H and O–H groups in total. The molecule has 63 heavy (non-hydrogen) atoms. The zero-order valence-electron chi connectivity index (χ0n) is 35.3. The Morgan fingerprint density at radius 2 is 1.16 bits per heavy atom. The number of aromatic nitrogens is 12. The van der Waals surface area contributed by atoms with Crippen molar-refractivity contribution in [3.63, 3.8) is 0 Å². The monoisotopic (exact) mass is 864 g/mol. The van der Waals surface area contributed by atoms with E-state index in [0.29, 0.717) is 60.6 Å². The second-order valence-corrected chi connectivity index (χ2v) is 16.6. The zero-order chi connectivity index (χ0) is 43.9. The van der Waals surface area contributed by atoms with Crippen LogP contribution in [0.4, 0.5) is 0 Å². The molecule has 0 radical (unpaired) electrons. The number of ether oxygens (including phenoxy) is 2. The number of H-pyrrole nitrogens is 2. The number of likely N-dealkylation sites (tertiary alicyclic amines) is 1. The molecule has 4 fully saturated rings. The lowest BCUT2D eigenvalue weighted by Gasteiger charge is -2.21. The molecule has 10 rings (SSSR count). The van der Waals surface area contributed by atoms with Gasteiger partial charge in [0.05, 0.1) is 25.2 Å². The van der Waals surface area contributed by atoms with Gasteiger partial charge in [-0.1, -0.05) is 13.8 Å². The van der Waals surface area contributed by atoms with Gasteiger partial charge in [-0.2, -0.15) is 10.2 Å². The number of carbonyl (C=O) groups excluding carboxylic acids is 1. The first-order valence-electron chi connectivity index (χ1n) is 21.4. The van der Waals surface area contributed by atoms with Crippen molar-refractivity contribution in [3.05, 3.63) is 105 Å². The molecular weight excluding hydrogens is 813 g/mol. The predicted octanol–water partition coefficient (Wildman–Crippen LogP) is 1.64. The summed E-state index contributed by atoms with van der Waals surface area (Å²) in [6.45, 7) is 10.1. The summed E-state index contributed by atoms with van der Waals surface area (Å²) < 4.78 is 14.3. The minimum absolute atomic E-state index is 0.0131. The molecule has 0 aliphatic carbocycles. The van der Waals surface area contributed by atoms with Crippen molar-refractivity contribution in [2.45, 2.75) is 76.0 Å². The Kier molecular flexibility index (Phi) is 13.6. The number of amides is 1. The number of nitrogens with zero attached hydrogens (tertiary/aromatic N) is 11. The molecule has 4 unspecified atom stereocenters. The molecule has 0 aromatic carbocycles. The van der Waals surface area contributed by atoms with Gasteiger partial charge in [0.25, 0.3) is 11.1 Å². The topological polar surface area (TPSA) is 266 Å². The summed E-state index contributed by atoms with van der Waals surface area (Å²) in [4.78, 5) is 80.0. The third kappa shape index (κ3) is 10.2. The Balaban J connectivity index is 0.000000147. The van der Waals surface area contributed by atoms with E-state index in [1.165, 1.54) is 25.0 Å². The first-order chi connectivity index (χ1) is 30.6. The molecule has 4 saturated heterocycles. The Hall–Kier alpha value is -6.32. The van der Waals surface area contributed by atoms with Gasteiger partial charge in [0.1, 0.15) is 36.0 Å². The molecule has 1 amide bonds. The second-order valence-electron chi connectivity index (χ2n) is 16.6.